The predicted molar refractivity (Wildman–Crippen MR) is 89.8 cm³/mol. The molecule has 2 aromatic rings. The molecule has 1 heterocycles. The molecule has 0 amide bonds. The molecule has 0 unspecified atom stereocenters. The number of rotatable bonds is 1. The highest BCUT2D eigenvalue weighted by atomic mass is 79.9. The van der Waals surface area contributed by atoms with Crippen LogP contribution in [-0.4, -0.2) is 12.1 Å². The molecule has 1 aliphatic heterocycles. The third-order valence-electron chi connectivity index (χ3n) is 4.74. The molecule has 1 aliphatic carbocycles. The minimum Gasteiger partial charge on any atom is -0.483 e. The number of alkyl halides is 3. The first-order valence-electron chi connectivity index (χ1n) is 7.80. The summed E-state index contributed by atoms with van der Waals surface area (Å²) in [4.78, 5) is 2.06. The zero-order chi connectivity index (χ0) is 16.9. The van der Waals surface area contributed by atoms with Crippen LogP contribution in [-0.2, 0) is 6.18 Å². The molecule has 4 rings (SSSR count). The van der Waals surface area contributed by atoms with Gasteiger partial charge < -0.3 is 9.64 Å². The summed E-state index contributed by atoms with van der Waals surface area (Å²) in [7, 11) is 0. The Morgan fingerprint density at radius 3 is 2.50 bits per heavy atom. The maximum absolute atomic E-state index is 13.0. The molecule has 1 fully saturated rings. The van der Waals surface area contributed by atoms with E-state index in [0.29, 0.717) is 18.0 Å². The molecular weight excluding hydrogens is 383 g/mol. The van der Waals surface area contributed by atoms with Crippen molar-refractivity contribution in [1.29, 1.82) is 0 Å². The maximum Gasteiger partial charge on any atom is 0.416 e. The molecule has 2 aromatic carbocycles. The van der Waals surface area contributed by atoms with Gasteiger partial charge in [0.15, 0.2) is 0 Å². The van der Waals surface area contributed by atoms with Crippen LogP contribution in [0.4, 0.5) is 24.5 Å². The van der Waals surface area contributed by atoms with Crippen molar-refractivity contribution >= 4 is 27.3 Å². The lowest BCUT2D eigenvalue weighted by atomic mass is 9.78. The van der Waals surface area contributed by atoms with Gasteiger partial charge in [-0.05, 0) is 55.7 Å². The number of hydrogen-bond donors (Lipinski definition) is 0. The fourth-order valence-electron chi connectivity index (χ4n) is 3.34. The molecule has 0 atom stereocenters. The summed E-state index contributed by atoms with van der Waals surface area (Å²) in [5.41, 5.74) is 0.574. The zero-order valence-corrected chi connectivity index (χ0v) is 14.3. The Morgan fingerprint density at radius 2 is 1.88 bits per heavy atom. The second kappa shape index (κ2) is 5.41. The number of halogens is 4. The van der Waals surface area contributed by atoms with Crippen LogP contribution in [0.5, 0.6) is 5.75 Å². The predicted octanol–water partition coefficient (Wildman–Crippen LogP) is 5.92. The second-order valence-corrected chi connectivity index (χ2v) is 7.30. The van der Waals surface area contributed by atoms with Gasteiger partial charge in [0.05, 0.1) is 17.8 Å². The molecule has 126 valence electrons. The SMILES string of the molecule is FC(F)(F)c1ccc2c(c1)OC1(CCC1)CN2c1cccc(Br)c1. The largest absolute Gasteiger partial charge is 0.483 e. The second-order valence-electron chi connectivity index (χ2n) is 6.38. The molecule has 2 nitrogen and oxygen atoms in total. The van der Waals surface area contributed by atoms with Crippen molar-refractivity contribution in [2.45, 2.75) is 31.0 Å². The Bertz CT molecular complexity index is 786. The lowest BCUT2D eigenvalue weighted by Crippen LogP contribution is -2.54. The highest BCUT2D eigenvalue weighted by molar-refractivity contribution is 9.10. The molecule has 0 radical (unpaired) electrons. The third-order valence-corrected chi connectivity index (χ3v) is 5.23. The fraction of sp³-hybridized carbons (Fsp3) is 0.333. The van der Waals surface area contributed by atoms with E-state index in [9.17, 15) is 13.2 Å². The quantitative estimate of drug-likeness (QED) is 0.591. The highest BCUT2D eigenvalue weighted by Gasteiger charge is 2.46. The van der Waals surface area contributed by atoms with E-state index >= 15 is 0 Å². The van der Waals surface area contributed by atoms with Crippen LogP contribution in [0, 0.1) is 0 Å². The normalized spacial score (nSPS) is 18.8. The number of benzene rings is 2. The number of fused-ring (bicyclic) bond motifs is 1. The van der Waals surface area contributed by atoms with Crippen molar-refractivity contribution in [3.05, 3.63) is 52.5 Å². The van der Waals surface area contributed by atoms with Crippen LogP contribution in [0.1, 0.15) is 24.8 Å². The van der Waals surface area contributed by atoms with E-state index in [-0.39, 0.29) is 5.60 Å². The van der Waals surface area contributed by atoms with E-state index < -0.39 is 11.7 Å². The number of hydrogen-bond acceptors (Lipinski definition) is 2. The van der Waals surface area contributed by atoms with Crippen molar-refractivity contribution in [2.24, 2.45) is 0 Å². The van der Waals surface area contributed by atoms with Crippen molar-refractivity contribution in [2.75, 3.05) is 11.4 Å². The van der Waals surface area contributed by atoms with Crippen LogP contribution in [0.3, 0.4) is 0 Å². The summed E-state index contributed by atoms with van der Waals surface area (Å²) in [5, 5.41) is 0. The number of ether oxygens (including phenoxy) is 1. The Labute approximate surface area is 146 Å². The Balaban J connectivity index is 1.81. The first kappa shape index (κ1) is 15.8. The average molecular weight is 398 g/mol. The average Bonchev–Trinajstić information content (AvgIpc) is 2.51. The van der Waals surface area contributed by atoms with E-state index in [1.54, 1.807) is 0 Å². The van der Waals surface area contributed by atoms with Gasteiger partial charge in [0, 0.05) is 10.2 Å². The van der Waals surface area contributed by atoms with Gasteiger partial charge in [-0.15, -0.1) is 0 Å². The van der Waals surface area contributed by atoms with Gasteiger partial charge in [-0.1, -0.05) is 22.0 Å². The standard InChI is InChI=1S/C18H15BrF3NO/c19-13-3-1-4-14(10-13)23-11-17(7-2-8-17)24-16-9-12(18(20,21)22)5-6-15(16)23/h1,3-6,9-10H,2,7-8,11H2. The molecule has 2 aliphatic rings. The van der Waals surface area contributed by atoms with E-state index in [4.69, 9.17) is 4.74 Å². The third kappa shape index (κ3) is 2.66. The van der Waals surface area contributed by atoms with E-state index in [1.807, 2.05) is 24.3 Å². The summed E-state index contributed by atoms with van der Waals surface area (Å²) in [6.07, 6.45) is -1.59. The molecular formula is C18H15BrF3NO. The minimum atomic E-state index is -4.37. The van der Waals surface area contributed by atoms with Gasteiger partial charge in [0.25, 0.3) is 0 Å². The maximum atomic E-state index is 13.0. The van der Waals surface area contributed by atoms with Crippen LogP contribution >= 0.6 is 15.9 Å². The Kier molecular flexibility index (Phi) is 3.56. The van der Waals surface area contributed by atoms with Gasteiger partial charge in [-0.3, -0.25) is 0 Å². The fourth-order valence-corrected chi connectivity index (χ4v) is 3.73. The summed E-state index contributed by atoms with van der Waals surface area (Å²) < 4.78 is 46.1. The smallest absolute Gasteiger partial charge is 0.416 e. The minimum absolute atomic E-state index is 0.316. The molecule has 6 heteroatoms. The van der Waals surface area contributed by atoms with Gasteiger partial charge in [0.1, 0.15) is 11.4 Å². The molecule has 1 spiro atoms. The van der Waals surface area contributed by atoms with Crippen molar-refractivity contribution in [3.63, 3.8) is 0 Å². The van der Waals surface area contributed by atoms with Crippen molar-refractivity contribution < 1.29 is 17.9 Å². The molecule has 0 bridgehead atoms. The van der Waals surface area contributed by atoms with Gasteiger partial charge in [-0.25, -0.2) is 0 Å². The van der Waals surface area contributed by atoms with Crippen LogP contribution < -0.4 is 9.64 Å². The first-order chi connectivity index (χ1) is 11.4. The highest BCUT2D eigenvalue weighted by Crippen LogP contribution is 2.49. The van der Waals surface area contributed by atoms with Gasteiger partial charge >= 0.3 is 6.18 Å². The summed E-state index contributed by atoms with van der Waals surface area (Å²) in [6.45, 7) is 0.655. The van der Waals surface area contributed by atoms with E-state index in [1.165, 1.54) is 6.07 Å². The van der Waals surface area contributed by atoms with Crippen molar-refractivity contribution in [3.8, 4) is 5.75 Å². The molecule has 24 heavy (non-hydrogen) atoms. The molecule has 0 aromatic heterocycles. The lowest BCUT2D eigenvalue weighted by Gasteiger charge is -2.49. The van der Waals surface area contributed by atoms with Crippen LogP contribution in [0.2, 0.25) is 0 Å². The molecule has 0 saturated heterocycles. The zero-order valence-electron chi connectivity index (χ0n) is 12.7. The van der Waals surface area contributed by atoms with Crippen LogP contribution in [0.15, 0.2) is 46.9 Å². The molecule has 1 saturated carbocycles. The van der Waals surface area contributed by atoms with E-state index in [0.717, 1.165) is 41.6 Å². The summed E-state index contributed by atoms with van der Waals surface area (Å²) in [5.74, 6) is 0.316. The van der Waals surface area contributed by atoms with Gasteiger partial charge in [-0.2, -0.15) is 13.2 Å². The number of nitrogens with zero attached hydrogens (tertiary/aromatic N) is 1. The van der Waals surface area contributed by atoms with E-state index in [2.05, 4.69) is 20.8 Å². The topological polar surface area (TPSA) is 12.5 Å². The summed E-state index contributed by atoms with van der Waals surface area (Å²) >= 11 is 3.46. The Morgan fingerprint density at radius 1 is 1.08 bits per heavy atom. The Hall–Kier alpha value is -1.69. The van der Waals surface area contributed by atoms with Crippen LogP contribution in [0.25, 0.3) is 0 Å². The monoisotopic (exact) mass is 397 g/mol. The lowest BCUT2D eigenvalue weighted by molar-refractivity contribution is -0.137. The number of anilines is 2. The van der Waals surface area contributed by atoms with Gasteiger partial charge in [0.2, 0.25) is 0 Å². The molecule has 0 N–H and O–H groups in total. The van der Waals surface area contributed by atoms with Crippen molar-refractivity contribution in [1.82, 2.24) is 0 Å². The summed E-state index contributed by atoms with van der Waals surface area (Å²) in [6, 6.07) is 11.5. The first-order valence-corrected chi connectivity index (χ1v) is 8.59.